The molecule has 1 aromatic rings. The molecule has 0 saturated carbocycles. The minimum atomic E-state index is -0.560. The Morgan fingerprint density at radius 1 is 1.41 bits per heavy atom. The van der Waals surface area contributed by atoms with Crippen LogP contribution in [0.3, 0.4) is 0 Å². The number of carbonyl (C=O) groups is 1. The van der Waals surface area contributed by atoms with Crippen LogP contribution in [0, 0.1) is 0 Å². The summed E-state index contributed by atoms with van der Waals surface area (Å²) in [6, 6.07) is 0. The predicted octanol–water partition coefficient (Wildman–Crippen LogP) is 2.46. The summed E-state index contributed by atoms with van der Waals surface area (Å²) in [5, 5.41) is 6.79. The molecule has 0 aliphatic carbocycles. The fourth-order valence-corrected chi connectivity index (χ4v) is 2.73. The highest BCUT2D eigenvalue weighted by molar-refractivity contribution is 7.08. The molecule has 0 fully saturated rings. The number of amides is 1. The summed E-state index contributed by atoms with van der Waals surface area (Å²) in [7, 11) is 0. The lowest BCUT2D eigenvalue weighted by Gasteiger charge is -2.29. The van der Waals surface area contributed by atoms with E-state index in [1.54, 1.807) is 0 Å². The quantitative estimate of drug-likeness (QED) is 0.820. The van der Waals surface area contributed by atoms with Crippen LogP contribution >= 0.6 is 34.7 Å². The number of hydrogen-bond donors (Lipinski definition) is 1. The molecule has 1 aromatic heterocycles. The first kappa shape index (κ1) is 14.7. The van der Waals surface area contributed by atoms with Gasteiger partial charge in [0.15, 0.2) is 0 Å². The number of carbonyl (C=O) groups excluding carboxylic acids is 1. The Bertz CT molecular complexity index is 371. The lowest BCUT2D eigenvalue weighted by atomic mass is 10.0. The third kappa shape index (κ3) is 3.30. The van der Waals surface area contributed by atoms with Gasteiger partial charge in [0.1, 0.15) is 4.88 Å². The van der Waals surface area contributed by atoms with Crippen molar-refractivity contribution in [2.75, 3.05) is 11.8 Å². The first-order valence-corrected chi connectivity index (χ1v) is 7.22. The van der Waals surface area contributed by atoms with Crippen LogP contribution < -0.4 is 5.32 Å². The van der Waals surface area contributed by atoms with Crippen LogP contribution in [-0.2, 0) is 6.42 Å². The van der Waals surface area contributed by atoms with Crippen molar-refractivity contribution >= 4 is 40.6 Å². The first-order chi connectivity index (χ1) is 8.12. The molecule has 0 atom stereocenters. The number of alkyl halides is 2. The lowest BCUT2D eigenvalue weighted by molar-refractivity contribution is 0.0916. The van der Waals surface area contributed by atoms with Crippen molar-refractivity contribution in [3.05, 3.63) is 10.6 Å². The zero-order valence-electron chi connectivity index (χ0n) is 9.80. The van der Waals surface area contributed by atoms with Gasteiger partial charge in [-0.05, 0) is 24.4 Å². The minimum absolute atomic E-state index is 0.194. The highest BCUT2D eigenvalue weighted by Gasteiger charge is 2.30. The van der Waals surface area contributed by atoms with Gasteiger partial charge < -0.3 is 5.32 Å². The molecule has 0 aliphatic rings. The molecule has 0 radical (unpaired) electrons. The molecule has 96 valence electrons. The fraction of sp³-hybridized carbons (Fsp3) is 0.700. The van der Waals surface area contributed by atoms with E-state index in [2.05, 4.69) is 14.9 Å². The molecular formula is C10H15Cl2N3OS. The molecule has 0 aromatic carbocycles. The third-order valence-corrected chi connectivity index (χ3v) is 4.45. The standard InChI is InChI=1S/C10H15Cl2N3OS/c1-3-7-8(17-15-14-7)9(16)13-10(4-2,5-11)6-12/h3-6H2,1-2H3,(H,13,16). The molecule has 4 nitrogen and oxygen atoms in total. The van der Waals surface area contributed by atoms with Gasteiger partial charge in [-0.15, -0.1) is 28.3 Å². The summed E-state index contributed by atoms with van der Waals surface area (Å²) in [6.07, 6.45) is 1.36. The zero-order chi connectivity index (χ0) is 12.9. The molecule has 1 N–H and O–H groups in total. The average molecular weight is 296 g/mol. The van der Waals surface area contributed by atoms with Crippen molar-refractivity contribution in [1.82, 2.24) is 14.9 Å². The number of nitrogens with one attached hydrogen (secondary N) is 1. The van der Waals surface area contributed by atoms with E-state index < -0.39 is 5.54 Å². The number of hydrogen-bond acceptors (Lipinski definition) is 4. The zero-order valence-corrected chi connectivity index (χ0v) is 12.1. The lowest BCUT2D eigenvalue weighted by Crippen LogP contribution is -2.51. The van der Waals surface area contributed by atoms with E-state index in [1.165, 1.54) is 0 Å². The maximum atomic E-state index is 12.1. The van der Waals surface area contributed by atoms with E-state index in [9.17, 15) is 4.79 Å². The Morgan fingerprint density at radius 2 is 2.06 bits per heavy atom. The summed E-state index contributed by atoms with van der Waals surface area (Å²) in [6.45, 7) is 3.88. The van der Waals surface area contributed by atoms with E-state index in [0.717, 1.165) is 11.5 Å². The Labute approximate surface area is 115 Å². The van der Waals surface area contributed by atoms with Crippen LogP contribution in [0.15, 0.2) is 0 Å². The van der Waals surface area contributed by atoms with Crippen molar-refractivity contribution in [1.29, 1.82) is 0 Å². The molecule has 0 saturated heterocycles. The van der Waals surface area contributed by atoms with E-state index >= 15 is 0 Å². The molecule has 1 amide bonds. The van der Waals surface area contributed by atoms with Crippen LogP contribution in [0.2, 0.25) is 0 Å². The van der Waals surface area contributed by atoms with Gasteiger partial charge in [-0.1, -0.05) is 18.3 Å². The Balaban J connectivity index is 2.84. The van der Waals surface area contributed by atoms with E-state index in [1.807, 2.05) is 13.8 Å². The van der Waals surface area contributed by atoms with Crippen LogP contribution in [0.5, 0.6) is 0 Å². The second-order valence-electron chi connectivity index (χ2n) is 3.76. The Hall–Kier alpha value is -0.390. The summed E-state index contributed by atoms with van der Waals surface area (Å²) in [5.74, 6) is 0.374. The molecule has 17 heavy (non-hydrogen) atoms. The van der Waals surface area contributed by atoms with Gasteiger partial charge in [0.05, 0.1) is 11.2 Å². The van der Waals surface area contributed by atoms with E-state index in [4.69, 9.17) is 23.2 Å². The summed E-state index contributed by atoms with van der Waals surface area (Å²) in [5.41, 5.74) is 0.150. The van der Waals surface area contributed by atoms with Gasteiger partial charge in [-0.2, -0.15) is 0 Å². The average Bonchev–Trinajstić information content (AvgIpc) is 2.84. The fourth-order valence-electron chi connectivity index (χ4n) is 1.29. The monoisotopic (exact) mass is 295 g/mol. The number of aryl methyl sites for hydroxylation is 1. The maximum absolute atomic E-state index is 12.1. The van der Waals surface area contributed by atoms with Gasteiger partial charge in [0.2, 0.25) is 0 Å². The third-order valence-electron chi connectivity index (χ3n) is 2.66. The number of nitrogens with zero attached hydrogens (tertiary/aromatic N) is 2. The highest BCUT2D eigenvalue weighted by atomic mass is 35.5. The first-order valence-electron chi connectivity index (χ1n) is 5.38. The van der Waals surface area contributed by atoms with E-state index in [0.29, 0.717) is 23.4 Å². The second-order valence-corrected chi connectivity index (χ2v) is 5.05. The normalized spacial score (nSPS) is 11.5. The summed E-state index contributed by atoms with van der Waals surface area (Å²) >= 11 is 12.8. The number of rotatable bonds is 6. The Morgan fingerprint density at radius 3 is 2.53 bits per heavy atom. The maximum Gasteiger partial charge on any atom is 0.265 e. The van der Waals surface area contributed by atoms with Gasteiger partial charge in [-0.3, -0.25) is 4.79 Å². The molecule has 1 rings (SSSR count). The van der Waals surface area contributed by atoms with Crippen molar-refractivity contribution in [3.8, 4) is 0 Å². The van der Waals surface area contributed by atoms with Crippen molar-refractivity contribution in [3.63, 3.8) is 0 Å². The van der Waals surface area contributed by atoms with Gasteiger partial charge in [0, 0.05) is 11.8 Å². The SMILES string of the molecule is CCc1nnsc1C(=O)NC(CC)(CCl)CCl. The number of aromatic nitrogens is 2. The molecule has 0 aliphatic heterocycles. The largest absolute Gasteiger partial charge is 0.343 e. The molecule has 0 bridgehead atoms. The van der Waals surface area contributed by atoms with Crippen molar-refractivity contribution in [2.45, 2.75) is 32.2 Å². The second kappa shape index (κ2) is 6.52. The summed E-state index contributed by atoms with van der Waals surface area (Å²) < 4.78 is 3.79. The molecule has 7 heteroatoms. The van der Waals surface area contributed by atoms with Crippen LogP contribution in [0.1, 0.15) is 35.6 Å². The van der Waals surface area contributed by atoms with Gasteiger partial charge >= 0.3 is 0 Å². The van der Waals surface area contributed by atoms with Crippen LogP contribution in [0.25, 0.3) is 0 Å². The topological polar surface area (TPSA) is 54.9 Å². The van der Waals surface area contributed by atoms with Crippen molar-refractivity contribution in [2.24, 2.45) is 0 Å². The Kier molecular flexibility index (Phi) is 5.62. The predicted molar refractivity (Wildman–Crippen MR) is 71.2 cm³/mol. The summed E-state index contributed by atoms with van der Waals surface area (Å²) in [4.78, 5) is 12.6. The molecule has 1 heterocycles. The van der Waals surface area contributed by atoms with E-state index in [-0.39, 0.29) is 17.7 Å². The number of halogens is 2. The smallest absolute Gasteiger partial charge is 0.265 e. The van der Waals surface area contributed by atoms with Crippen LogP contribution in [0.4, 0.5) is 0 Å². The van der Waals surface area contributed by atoms with Crippen LogP contribution in [-0.4, -0.2) is 32.8 Å². The van der Waals surface area contributed by atoms with Gasteiger partial charge in [0.25, 0.3) is 5.91 Å². The van der Waals surface area contributed by atoms with Crippen molar-refractivity contribution < 1.29 is 4.79 Å². The molecular weight excluding hydrogens is 281 g/mol. The minimum Gasteiger partial charge on any atom is -0.343 e. The molecule has 0 spiro atoms. The molecule has 0 unspecified atom stereocenters. The van der Waals surface area contributed by atoms with Gasteiger partial charge in [-0.25, -0.2) is 0 Å². The highest BCUT2D eigenvalue weighted by Crippen LogP contribution is 2.18.